The highest BCUT2D eigenvalue weighted by atomic mass is 16.2. The molecule has 8 nitrogen and oxygen atoms in total. The Morgan fingerprint density at radius 1 is 1.20 bits per heavy atom. The second-order valence-corrected chi connectivity index (χ2v) is 6.67. The first kappa shape index (κ1) is 19.0. The van der Waals surface area contributed by atoms with Crippen molar-refractivity contribution in [2.24, 2.45) is 10.4 Å². The lowest BCUT2D eigenvalue weighted by molar-refractivity contribution is -0.128. The molecule has 138 valence electrons. The number of guanidine groups is 1. The Balaban J connectivity index is 1.87. The van der Waals surface area contributed by atoms with Gasteiger partial charge in [-0.2, -0.15) is 0 Å². The van der Waals surface area contributed by atoms with E-state index in [-0.39, 0.29) is 5.91 Å². The van der Waals surface area contributed by atoms with E-state index in [2.05, 4.69) is 35.4 Å². The fourth-order valence-corrected chi connectivity index (χ4v) is 2.69. The molecule has 2 rings (SSSR count). The summed E-state index contributed by atoms with van der Waals surface area (Å²) in [5, 5.41) is 6.22. The molecule has 1 aromatic heterocycles. The van der Waals surface area contributed by atoms with Crippen LogP contribution in [0.1, 0.15) is 20.8 Å². The Hall–Kier alpha value is -2.38. The van der Waals surface area contributed by atoms with E-state index in [1.165, 1.54) is 0 Å². The topological polar surface area (TPSA) is 85.8 Å². The number of aromatic nitrogens is 2. The molecule has 1 aliphatic heterocycles. The van der Waals surface area contributed by atoms with E-state index in [0.717, 1.165) is 38.1 Å². The Morgan fingerprint density at radius 2 is 1.84 bits per heavy atom. The van der Waals surface area contributed by atoms with E-state index in [4.69, 9.17) is 0 Å². The fraction of sp³-hybridized carbons (Fsp3) is 0.647. The minimum atomic E-state index is -0.494. The predicted octanol–water partition coefficient (Wildman–Crippen LogP) is 0.336. The first-order valence-electron chi connectivity index (χ1n) is 8.74. The Kier molecular flexibility index (Phi) is 6.55. The van der Waals surface area contributed by atoms with E-state index in [1.54, 1.807) is 19.4 Å². The average molecular weight is 347 g/mol. The molecule has 0 aliphatic carbocycles. The molecule has 1 saturated heterocycles. The zero-order chi connectivity index (χ0) is 18.3. The maximum absolute atomic E-state index is 12.1. The van der Waals surface area contributed by atoms with Gasteiger partial charge in [0.1, 0.15) is 0 Å². The second-order valence-electron chi connectivity index (χ2n) is 6.67. The Morgan fingerprint density at radius 3 is 2.40 bits per heavy atom. The molecule has 1 aromatic rings. The summed E-state index contributed by atoms with van der Waals surface area (Å²) in [4.78, 5) is 29.5. The quantitative estimate of drug-likeness (QED) is 0.590. The number of piperazine rings is 1. The molecular weight excluding hydrogens is 318 g/mol. The van der Waals surface area contributed by atoms with Gasteiger partial charge < -0.3 is 20.4 Å². The summed E-state index contributed by atoms with van der Waals surface area (Å²) >= 11 is 0. The lowest BCUT2D eigenvalue weighted by Crippen LogP contribution is -2.55. The van der Waals surface area contributed by atoms with E-state index in [9.17, 15) is 4.79 Å². The normalized spacial score (nSPS) is 15.9. The van der Waals surface area contributed by atoms with Crippen molar-refractivity contribution in [3.05, 3.63) is 18.5 Å². The van der Waals surface area contributed by atoms with Gasteiger partial charge in [-0.3, -0.25) is 9.79 Å². The molecular formula is C17H29N7O. The molecule has 0 bridgehead atoms. The number of amides is 1. The summed E-state index contributed by atoms with van der Waals surface area (Å²) in [7, 11) is 1.77. The smallest absolute Gasteiger partial charge is 0.227 e. The average Bonchev–Trinajstić information content (AvgIpc) is 2.63. The molecule has 8 heteroatoms. The van der Waals surface area contributed by atoms with Gasteiger partial charge in [-0.15, -0.1) is 0 Å². The second kappa shape index (κ2) is 8.64. The Labute approximate surface area is 149 Å². The molecule has 1 amide bonds. The van der Waals surface area contributed by atoms with Gasteiger partial charge in [0.15, 0.2) is 5.96 Å². The zero-order valence-electron chi connectivity index (χ0n) is 15.6. The molecule has 0 aromatic carbocycles. The lowest BCUT2D eigenvalue weighted by Gasteiger charge is -2.37. The van der Waals surface area contributed by atoms with E-state index in [0.29, 0.717) is 13.1 Å². The number of hydrogen-bond donors (Lipinski definition) is 2. The van der Waals surface area contributed by atoms with Crippen LogP contribution in [0, 0.1) is 5.41 Å². The highest BCUT2D eigenvalue weighted by Crippen LogP contribution is 2.14. The van der Waals surface area contributed by atoms with Crippen LogP contribution in [-0.2, 0) is 4.79 Å². The number of nitrogens with one attached hydrogen (secondary N) is 2. The standard InChI is InChI=1S/C17H29N7O/c1-5-19-14(25)17(2,3)13-22-15(18-4)23-9-11-24(12-10-23)16-20-7-6-8-21-16/h6-8H,5,9-13H2,1-4H3,(H,18,22)(H,19,25). The molecule has 0 saturated carbocycles. The van der Waals surface area contributed by atoms with Crippen LogP contribution in [0.5, 0.6) is 0 Å². The first-order valence-corrected chi connectivity index (χ1v) is 8.74. The van der Waals surface area contributed by atoms with E-state index in [1.807, 2.05) is 26.8 Å². The van der Waals surface area contributed by atoms with Crippen molar-refractivity contribution in [1.29, 1.82) is 0 Å². The number of anilines is 1. The van der Waals surface area contributed by atoms with Gasteiger partial charge in [0.2, 0.25) is 11.9 Å². The van der Waals surface area contributed by atoms with E-state index >= 15 is 0 Å². The SMILES string of the molecule is CCNC(=O)C(C)(C)CNC(=NC)N1CCN(c2ncccn2)CC1. The van der Waals surface area contributed by atoms with Crippen molar-refractivity contribution in [2.45, 2.75) is 20.8 Å². The van der Waals surface area contributed by atoms with Crippen LogP contribution in [0.15, 0.2) is 23.5 Å². The first-order chi connectivity index (χ1) is 12.0. The van der Waals surface area contributed by atoms with Crippen molar-refractivity contribution in [3.8, 4) is 0 Å². The Bertz CT molecular complexity index is 580. The van der Waals surface area contributed by atoms with Gasteiger partial charge in [-0.1, -0.05) is 0 Å². The maximum atomic E-state index is 12.1. The van der Waals surface area contributed by atoms with Gasteiger partial charge in [0.05, 0.1) is 5.41 Å². The number of carbonyl (C=O) groups is 1. The molecule has 0 atom stereocenters. The number of carbonyl (C=O) groups excluding carboxylic acids is 1. The van der Waals surface area contributed by atoms with Crippen molar-refractivity contribution < 1.29 is 4.79 Å². The third-order valence-corrected chi connectivity index (χ3v) is 4.27. The van der Waals surface area contributed by atoms with Gasteiger partial charge in [-0.05, 0) is 26.8 Å². The largest absolute Gasteiger partial charge is 0.356 e. The maximum Gasteiger partial charge on any atom is 0.227 e. The van der Waals surface area contributed by atoms with Crippen molar-refractivity contribution in [1.82, 2.24) is 25.5 Å². The van der Waals surface area contributed by atoms with Crippen LogP contribution in [-0.4, -0.2) is 73.1 Å². The van der Waals surface area contributed by atoms with Crippen molar-refractivity contribution >= 4 is 17.8 Å². The molecule has 2 heterocycles. The zero-order valence-corrected chi connectivity index (χ0v) is 15.6. The number of aliphatic imine (C=N–C) groups is 1. The summed E-state index contributed by atoms with van der Waals surface area (Å²) in [5.41, 5.74) is -0.494. The molecule has 1 fully saturated rings. The molecule has 0 radical (unpaired) electrons. The monoisotopic (exact) mass is 347 g/mol. The highest BCUT2D eigenvalue weighted by Gasteiger charge is 2.28. The number of rotatable bonds is 5. The predicted molar refractivity (Wildman–Crippen MR) is 99.6 cm³/mol. The van der Waals surface area contributed by atoms with Crippen LogP contribution in [0.2, 0.25) is 0 Å². The van der Waals surface area contributed by atoms with Gasteiger partial charge in [0.25, 0.3) is 0 Å². The summed E-state index contributed by atoms with van der Waals surface area (Å²) in [5.74, 6) is 1.64. The number of hydrogen-bond acceptors (Lipinski definition) is 5. The molecule has 2 N–H and O–H groups in total. The van der Waals surface area contributed by atoms with Crippen molar-refractivity contribution in [3.63, 3.8) is 0 Å². The van der Waals surface area contributed by atoms with Crippen LogP contribution in [0.3, 0.4) is 0 Å². The van der Waals surface area contributed by atoms with Crippen LogP contribution >= 0.6 is 0 Å². The fourth-order valence-electron chi connectivity index (χ4n) is 2.69. The highest BCUT2D eigenvalue weighted by molar-refractivity contribution is 5.84. The lowest BCUT2D eigenvalue weighted by atomic mass is 9.92. The van der Waals surface area contributed by atoms with Gasteiger partial charge in [-0.25, -0.2) is 9.97 Å². The van der Waals surface area contributed by atoms with Gasteiger partial charge in [0, 0.05) is 58.7 Å². The van der Waals surface area contributed by atoms with Crippen LogP contribution < -0.4 is 15.5 Å². The summed E-state index contributed by atoms with van der Waals surface area (Å²) in [6.45, 7) is 10.3. The number of nitrogens with zero attached hydrogens (tertiary/aromatic N) is 5. The molecule has 0 unspecified atom stereocenters. The van der Waals surface area contributed by atoms with Gasteiger partial charge >= 0.3 is 0 Å². The van der Waals surface area contributed by atoms with E-state index < -0.39 is 5.41 Å². The summed E-state index contributed by atoms with van der Waals surface area (Å²) < 4.78 is 0. The van der Waals surface area contributed by atoms with Crippen molar-refractivity contribution in [2.75, 3.05) is 51.2 Å². The summed E-state index contributed by atoms with van der Waals surface area (Å²) in [6, 6.07) is 1.82. The van der Waals surface area contributed by atoms with Crippen LogP contribution in [0.4, 0.5) is 5.95 Å². The third kappa shape index (κ3) is 5.04. The minimum absolute atomic E-state index is 0.0454. The molecule has 25 heavy (non-hydrogen) atoms. The third-order valence-electron chi connectivity index (χ3n) is 4.27. The molecule has 1 aliphatic rings. The minimum Gasteiger partial charge on any atom is -0.356 e. The van der Waals surface area contributed by atoms with Crippen LogP contribution in [0.25, 0.3) is 0 Å². The molecule has 0 spiro atoms. The summed E-state index contributed by atoms with van der Waals surface area (Å²) in [6.07, 6.45) is 3.53.